The average molecular weight is 283 g/mol. The lowest BCUT2D eigenvalue weighted by Crippen LogP contribution is -2.03. The molecule has 0 spiro atoms. The van der Waals surface area contributed by atoms with Crippen LogP contribution in [0.25, 0.3) is 0 Å². The van der Waals surface area contributed by atoms with Crippen LogP contribution < -0.4 is 0 Å². The van der Waals surface area contributed by atoms with Crippen LogP contribution in [0.4, 0.5) is 0 Å². The number of ether oxygens (including phenoxy) is 1. The Bertz CT molecular complexity index is 490. The van der Waals surface area contributed by atoms with E-state index >= 15 is 0 Å². The third-order valence-corrected chi connectivity index (χ3v) is 4.38. The summed E-state index contributed by atoms with van der Waals surface area (Å²) in [6.45, 7) is 3.79. The van der Waals surface area contributed by atoms with Crippen LogP contribution >= 0.6 is 22.0 Å². The largest absolute Gasteiger partial charge is 0.462 e. The lowest BCUT2D eigenvalue weighted by atomic mass is 10.4. The third-order valence-electron chi connectivity index (χ3n) is 1.77. The van der Waals surface area contributed by atoms with Gasteiger partial charge in [-0.2, -0.15) is 0 Å². The summed E-state index contributed by atoms with van der Waals surface area (Å²) < 4.78 is 27.1. The van der Waals surface area contributed by atoms with Gasteiger partial charge >= 0.3 is 5.97 Å². The minimum atomic E-state index is -3.79. The lowest BCUT2D eigenvalue weighted by Gasteiger charge is -1.98. The molecular formula is C9H11ClO4S2. The fourth-order valence-electron chi connectivity index (χ4n) is 1.07. The number of rotatable bonds is 4. The fourth-order valence-corrected chi connectivity index (χ4v) is 3.63. The summed E-state index contributed by atoms with van der Waals surface area (Å²) in [5.74, 6) is -0.512. The van der Waals surface area contributed by atoms with Crippen molar-refractivity contribution in [2.45, 2.75) is 25.2 Å². The number of hydrogen-bond acceptors (Lipinski definition) is 5. The molecule has 1 aromatic rings. The highest BCUT2D eigenvalue weighted by Crippen LogP contribution is 2.28. The van der Waals surface area contributed by atoms with Gasteiger partial charge in [-0.3, -0.25) is 0 Å². The summed E-state index contributed by atoms with van der Waals surface area (Å²) >= 11 is 1.06. The average Bonchev–Trinajstić information content (AvgIpc) is 2.56. The molecule has 1 rings (SSSR count). The zero-order valence-electron chi connectivity index (χ0n) is 8.82. The Labute approximate surface area is 103 Å². The van der Waals surface area contributed by atoms with Crippen molar-refractivity contribution in [3.63, 3.8) is 0 Å². The molecule has 1 heterocycles. The van der Waals surface area contributed by atoms with Crippen molar-refractivity contribution in [1.29, 1.82) is 0 Å². The predicted octanol–water partition coefficient (Wildman–Crippen LogP) is 2.55. The first kappa shape index (κ1) is 13.5. The van der Waals surface area contributed by atoms with Gasteiger partial charge in [0.2, 0.25) is 0 Å². The Balaban J connectivity index is 2.98. The van der Waals surface area contributed by atoms with Crippen molar-refractivity contribution in [1.82, 2.24) is 0 Å². The first-order chi connectivity index (χ1) is 7.36. The Morgan fingerprint density at radius 2 is 2.19 bits per heavy atom. The van der Waals surface area contributed by atoms with Gasteiger partial charge in [-0.25, -0.2) is 13.2 Å². The van der Waals surface area contributed by atoms with E-state index in [1.807, 2.05) is 6.92 Å². The van der Waals surface area contributed by atoms with Gasteiger partial charge in [0, 0.05) is 15.6 Å². The van der Waals surface area contributed by atoms with Crippen LogP contribution in [0.15, 0.2) is 11.0 Å². The van der Waals surface area contributed by atoms with Crippen molar-refractivity contribution >= 4 is 37.0 Å². The van der Waals surface area contributed by atoms with Crippen LogP contribution in [0.2, 0.25) is 0 Å². The maximum atomic E-state index is 11.4. The molecule has 0 aliphatic heterocycles. The zero-order valence-corrected chi connectivity index (χ0v) is 11.2. The van der Waals surface area contributed by atoms with E-state index in [-0.39, 0.29) is 9.77 Å². The first-order valence-corrected chi connectivity index (χ1v) is 7.71. The van der Waals surface area contributed by atoms with Crippen molar-refractivity contribution in [3.8, 4) is 0 Å². The van der Waals surface area contributed by atoms with Gasteiger partial charge in [0.1, 0.15) is 4.88 Å². The number of aryl methyl sites for hydroxylation is 1. The molecular weight excluding hydrogens is 272 g/mol. The maximum absolute atomic E-state index is 11.4. The van der Waals surface area contributed by atoms with Crippen molar-refractivity contribution in [3.05, 3.63) is 15.8 Å². The fraction of sp³-hybridized carbons (Fsp3) is 0.444. The highest BCUT2D eigenvalue weighted by molar-refractivity contribution is 8.13. The zero-order chi connectivity index (χ0) is 12.3. The van der Waals surface area contributed by atoms with Gasteiger partial charge in [-0.05, 0) is 19.4 Å². The van der Waals surface area contributed by atoms with E-state index in [1.54, 1.807) is 6.92 Å². The van der Waals surface area contributed by atoms with E-state index < -0.39 is 15.0 Å². The summed E-state index contributed by atoms with van der Waals surface area (Å²) in [4.78, 5) is 12.2. The van der Waals surface area contributed by atoms with E-state index in [0.29, 0.717) is 11.5 Å². The molecule has 4 nitrogen and oxygen atoms in total. The van der Waals surface area contributed by atoms with Gasteiger partial charge in [0.15, 0.2) is 0 Å². The molecule has 0 aromatic carbocycles. The number of esters is 1. The van der Waals surface area contributed by atoms with Gasteiger partial charge in [-0.15, -0.1) is 11.3 Å². The molecule has 7 heteroatoms. The van der Waals surface area contributed by atoms with Crippen molar-refractivity contribution in [2.75, 3.05) is 6.61 Å². The summed E-state index contributed by atoms with van der Waals surface area (Å²) in [5, 5.41) is 0. The van der Waals surface area contributed by atoms with Crippen LogP contribution in [-0.2, 0) is 13.8 Å². The Morgan fingerprint density at radius 1 is 1.56 bits per heavy atom. The summed E-state index contributed by atoms with van der Waals surface area (Å²) in [6, 6.07) is 1.25. The number of thiophene rings is 1. The summed E-state index contributed by atoms with van der Waals surface area (Å²) in [7, 11) is 1.42. The standard InChI is InChI=1S/C9H11ClO4S2/c1-3-4-14-9(11)7-5-8(6(2)15-7)16(10,12)13/h5H,3-4H2,1-2H3. The number of halogens is 1. The quantitative estimate of drug-likeness (QED) is 0.629. The second kappa shape index (κ2) is 5.16. The topological polar surface area (TPSA) is 60.4 Å². The van der Waals surface area contributed by atoms with Gasteiger partial charge in [0.25, 0.3) is 9.05 Å². The van der Waals surface area contributed by atoms with Gasteiger partial charge in [0.05, 0.1) is 11.5 Å². The molecule has 90 valence electrons. The Hall–Kier alpha value is -0.590. The molecule has 0 saturated heterocycles. The van der Waals surface area contributed by atoms with E-state index in [2.05, 4.69) is 0 Å². The second-order valence-corrected chi connectivity index (χ2v) is 6.90. The monoisotopic (exact) mass is 282 g/mol. The highest BCUT2D eigenvalue weighted by atomic mass is 35.7. The molecule has 0 aliphatic rings. The molecule has 16 heavy (non-hydrogen) atoms. The minimum Gasteiger partial charge on any atom is -0.462 e. The molecule has 0 unspecified atom stereocenters. The molecule has 1 aromatic heterocycles. The van der Waals surface area contributed by atoms with Crippen LogP contribution in [0, 0.1) is 6.92 Å². The summed E-state index contributed by atoms with van der Waals surface area (Å²) in [6.07, 6.45) is 0.719. The molecule has 0 bridgehead atoms. The smallest absolute Gasteiger partial charge is 0.348 e. The maximum Gasteiger partial charge on any atom is 0.348 e. The van der Waals surface area contributed by atoms with Crippen LogP contribution in [0.1, 0.15) is 27.9 Å². The van der Waals surface area contributed by atoms with Crippen LogP contribution in [0.5, 0.6) is 0 Å². The van der Waals surface area contributed by atoms with Gasteiger partial charge in [-0.1, -0.05) is 6.92 Å². The third kappa shape index (κ3) is 3.20. The van der Waals surface area contributed by atoms with Crippen LogP contribution in [-0.4, -0.2) is 21.0 Å². The normalized spacial score (nSPS) is 11.4. The minimum absolute atomic E-state index is 0.0254. The Kier molecular flexibility index (Phi) is 4.35. The van der Waals surface area contributed by atoms with E-state index in [1.165, 1.54) is 6.07 Å². The molecule has 0 saturated carbocycles. The molecule has 0 fully saturated rings. The molecule has 0 amide bonds. The predicted molar refractivity (Wildman–Crippen MR) is 62.7 cm³/mol. The molecule has 0 aliphatic carbocycles. The number of hydrogen-bond donors (Lipinski definition) is 0. The van der Waals surface area contributed by atoms with Crippen LogP contribution in [0.3, 0.4) is 0 Å². The second-order valence-electron chi connectivity index (χ2n) is 3.10. The van der Waals surface area contributed by atoms with Gasteiger partial charge < -0.3 is 4.74 Å². The van der Waals surface area contributed by atoms with E-state index in [9.17, 15) is 13.2 Å². The molecule has 0 atom stereocenters. The number of carbonyl (C=O) groups is 1. The molecule has 0 radical (unpaired) electrons. The number of carbonyl (C=O) groups excluding carboxylic acids is 1. The van der Waals surface area contributed by atoms with E-state index in [4.69, 9.17) is 15.4 Å². The van der Waals surface area contributed by atoms with Crippen molar-refractivity contribution in [2.24, 2.45) is 0 Å². The first-order valence-electron chi connectivity index (χ1n) is 4.58. The summed E-state index contributed by atoms with van der Waals surface area (Å²) in [5.41, 5.74) is 0. The molecule has 0 N–H and O–H groups in total. The van der Waals surface area contributed by atoms with E-state index in [0.717, 1.165) is 17.8 Å². The highest BCUT2D eigenvalue weighted by Gasteiger charge is 2.20. The Morgan fingerprint density at radius 3 is 2.62 bits per heavy atom. The lowest BCUT2D eigenvalue weighted by molar-refractivity contribution is 0.0510. The van der Waals surface area contributed by atoms with Crippen molar-refractivity contribution < 1.29 is 17.9 Å². The SMILES string of the molecule is CCCOC(=O)c1cc(S(=O)(=O)Cl)c(C)s1.